The minimum absolute atomic E-state index is 0.0453. The quantitative estimate of drug-likeness (QED) is 0.216. The number of nitrogens with one attached hydrogen (secondary N) is 1. The summed E-state index contributed by atoms with van der Waals surface area (Å²) in [4.78, 5) is 41.5. The van der Waals surface area contributed by atoms with Gasteiger partial charge in [-0.2, -0.15) is 22.2 Å². The van der Waals surface area contributed by atoms with Crippen molar-refractivity contribution in [3.8, 4) is 0 Å². The molecule has 0 spiro atoms. The largest absolute Gasteiger partial charge is 0.449 e. The number of rotatable bonds is 9. The van der Waals surface area contributed by atoms with Crippen LogP contribution in [-0.2, 0) is 23.8 Å². The number of aromatic nitrogens is 2. The van der Waals surface area contributed by atoms with E-state index in [9.17, 15) is 22.8 Å². The number of ether oxygens (including phenoxy) is 2. The van der Waals surface area contributed by atoms with Gasteiger partial charge in [-0.15, -0.1) is 0 Å². The monoisotopic (exact) mass is 625 g/mol. The molecule has 5 rings (SSSR count). The Balaban J connectivity index is 1.41. The molecule has 2 heterocycles. The fourth-order valence-electron chi connectivity index (χ4n) is 4.37. The minimum atomic E-state index is -4.42. The topological polar surface area (TPSA) is 143 Å². The van der Waals surface area contributed by atoms with Crippen LogP contribution in [0, 0.1) is 6.92 Å². The molecule has 1 aliphatic rings. The van der Waals surface area contributed by atoms with Crippen molar-refractivity contribution in [2.24, 2.45) is 0 Å². The summed E-state index contributed by atoms with van der Waals surface area (Å²) in [5.41, 5.74) is -0.211. The third kappa shape index (κ3) is 6.56. The molecule has 0 aliphatic carbocycles. The lowest BCUT2D eigenvalue weighted by Crippen LogP contribution is -2.44. The minimum Gasteiger partial charge on any atom is -0.449 e. The van der Waals surface area contributed by atoms with Crippen molar-refractivity contribution < 1.29 is 40.4 Å². The number of anilines is 1. The second-order valence-electron chi connectivity index (χ2n) is 9.77. The Hall–Kier alpha value is -4.79. The van der Waals surface area contributed by atoms with Crippen LogP contribution in [0.1, 0.15) is 32.5 Å². The molecule has 0 bridgehead atoms. The molecule has 3 atom stereocenters. The number of hydrogen-bond acceptors (Lipinski definition) is 9. The zero-order chi connectivity index (χ0) is 31.5. The van der Waals surface area contributed by atoms with Crippen LogP contribution in [0.5, 0.6) is 0 Å². The highest BCUT2D eigenvalue weighted by Crippen LogP contribution is 2.44. The summed E-state index contributed by atoms with van der Waals surface area (Å²) in [6.45, 7) is 0.778. The molecule has 3 unspecified atom stereocenters. The highest BCUT2D eigenvalue weighted by molar-refractivity contribution is 7.86. The highest BCUT2D eigenvalue weighted by atomic mass is 32.2. The number of carbonyl (C=O) groups is 2. The third-order valence-corrected chi connectivity index (χ3v) is 7.95. The van der Waals surface area contributed by atoms with Crippen LogP contribution >= 0.6 is 0 Å². The van der Waals surface area contributed by atoms with Crippen molar-refractivity contribution >= 4 is 27.8 Å². The number of nitrogens with zero attached hydrogens (tertiary/aromatic N) is 2. The summed E-state index contributed by atoms with van der Waals surface area (Å²) >= 11 is 0. The first-order chi connectivity index (χ1) is 21.0. The van der Waals surface area contributed by atoms with Gasteiger partial charge in [0.15, 0.2) is 6.10 Å². The molecule has 1 fully saturated rings. The molecule has 1 amide bonds. The van der Waals surface area contributed by atoms with Gasteiger partial charge in [-0.05, 0) is 49.4 Å². The van der Waals surface area contributed by atoms with Gasteiger partial charge < -0.3 is 14.8 Å². The molecule has 1 N–H and O–H groups in total. The lowest BCUT2D eigenvalue weighted by Gasteiger charge is -2.24. The van der Waals surface area contributed by atoms with E-state index in [-0.39, 0.29) is 21.8 Å². The van der Waals surface area contributed by atoms with E-state index in [0.29, 0.717) is 4.57 Å². The molecule has 1 aromatic heterocycles. The van der Waals surface area contributed by atoms with Gasteiger partial charge in [-0.3, -0.25) is 13.5 Å². The number of halogens is 2. The van der Waals surface area contributed by atoms with Gasteiger partial charge in [0, 0.05) is 11.8 Å². The van der Waals surface area contributed by atoms with Crippen molar-refractivity contribution in [2.45, 2.75) is 36.2 Å². The van der Waals surface area contributed by atoms with Crippen LogP contribution in [0.3, 0.4) is 0 Å². The van der Waals surface area contributed by atoms with Crippen LogP contribution in [-0.4, -0.2) is 54.6 Å². The molecule has 0 saturated carbocycles. The summed E-state index contributed by atoms with van der Waals surface area (Å²) in [5, 5.41) is 2.41. The number of alkyl halides is 2. The number of amides is 1. The molecule has 3 aromatic carbocycles. The third-order valence-electron chi connectivity index (χ3n) is 6.65. The fourth-order valence-corrected chi connectivity index (χ4v) is 5.29. The van der Waals surface area contributed by atoms with Crippen LogP contribution in [0.25, 0.3) is 0 Å². The second kappa shape index (κ2) is 12.4. The normalized spacial score (nSPS) is 19.3. The molecule has 228 valence electrons. The molecular formula is C30H25F2N3O8S. The zero-order valence-electron chi connectivity index (χ0n) is 23.0. The van der Waals surface area contributed by atoms with Crippen molar-refractivity contribution in [3.63, 3.8) is 0 Å². The van der Waals surface area contributed by atoms with E-state index in [1.807, 2.05) is 0 Å². The predicted molar refractivity (Wildman–Crippen MR) is 152 cm³/mol. The van der Waals surface area contributed by atoms with Crippen LogP contribution in [0.15, 0.2) is 107 Å². The molecule has 0 radical (unpaired) electrons. The van der Waals surface area contributed by atoms with Gasteiger partial charge in [-0.25, -0.2) is 9.59 Å². The van der Waals surface area contributed by atoms with E-state index in [2.05, 4.69) is 10.3 Å². The van der Waals surface area contributed by atoms with Crippen molar-refractivity contribution in [1.29, 1.82) is 0 Å². The lowest BCUT2D eigenvalue weighted by molar-refractivity contribution is -0.142. The maximum absolute atomic E-state index is 15.9. The molecule has 11 nitrogen and oxygen atoms in total. The Morgan fingerprint density at radius 3 is 2.18 bits per heavy atom. The maximum Gasteiger partial charge on any atom is 0.351 e. The summed E-state index contributed by atoms with van der Waals surface area (Å²) in [6, 6.07) is 22.1. The van der Waals surface area contributed by atoms with E-state index in [1.165, 1.54) is 60.7 Å². The number of hydrogen-bond donors (Lipinski definition) is 1. The molecule has 44 heavy (non-hydrogen) atoms. The maximum atomic E-state index is 15.9. The van der Waals surface area contributed by atoms with E-state index in [1.54, 1.807) is 31.2 Å². The van der Waals surface area contributed by atoms with Crippen molar-refractivity contribution in [2.75, 3.05) is 11.9 Å². The lowest BCUT2D eigenvalue weighted by atomic mass is 10.1. The molecule has 1 saturated heterocycles. The first-order valence-electron chi connectivity index (χ1n) is 13.2. The van der Waals surface area contributed by atoms with Crippen LogP contribution in [0.2, 0.25) is 0 Å². The Morgan fingerprint density at radius 2 is 1.57 bits per heavy atom. The Labute approximate surface area is 250 Å². The van der Waals surface area contributed by atoms with Gasteiger partial charge in [0.1, 0.15) is 11.9 Å². The van der Waals surface area contributed by atoms with E-state index >= 15 is 8.78 Å². The van der Waals surface area contributed by atoms with Gasteiger partial charge in [-0.1, -0.05) is 54.1 Å². The highest BCUT2D eigenvalue weighted by Gasteiger charge is 2.62. The molecule has 14 heteroatoms. The Morgan fingerprint density at radius 1 is 0.955 bits per heavy atom. The number of benzene rings is 3. The van der Waals surface area contributed by atoms with E-state index in [4.69, 9.17) is 13.7 Å². The summed E-state index contributed by atoms with van der Waals surface area (Å²) in [7, 11) is -4.42. The van der Waals surface area contributed by atoms with E-state index in [0.717, 1.165) is 17.8 Å². The number of carbonyl (C=O) groups excluding carboxylic acids is 2. The molecule has 4 aromatic rings. The smallest absolute Gasteiger partial charge is 0.351 e. The second-order valence-corrected chi connectivity index (χ2v) is 11.4. The van der Waals surface area contributed by atoms with Gasteiger partial charge in [0.25, 0.3) is 16.0 Å². The SMILES string of the molecule is Cc1ccc(S(=O)(=O)OCC2OC(n3ccc(NC(=O)c4ccccc4)nc3=O)C(F)(F)C2OC(=O)c2ccccc2)cc1. The molecule has 1 aliphatic heterocycles. The summed E-state index contributed by atoms with van der Waals surface area (Å²) in [5.74, 6) is -5.99. The summed E-state index contributed by atoms with van der Waals surface area (Å²) in [6.07, 6.45) is -5.63. The van der Waals surface area contributed by atoms with E-state index < -0.39 is 58.6 Å². The fraction of sp³-hybridized carbons (Fsp3) is 0.200. The number of aryl methyl sites for hydroxylation is 1. The zero-order valence-corrected chi connectivity index (χ0v) is 23.8. The van der Waals surface area contributed by atoms with Crippen molar-refractivity contribution in [1.82, 2.24) is 9.55 Å². The first kappa shape index (κ1) is 30.7. The Kier molecular flexibility index (Phi) is 8.67. The average Bonchev–Trinajstić information content (AvgIpc) is 3.26. The predicted octanol–water partition coefficient (Wildman–Crippen LogP) is 3.97. The van der Waals surface area contributed by atoms with Gasteiger partial charge >= 0.3 is 17.6 Å². The van der Waals surface area contributed by atoms with Crippen LogP contribution in [0.4, 0.5) is 14.6 Å². The standard InChI is InChI=1S/C30H25F2N3O8S/c1-19-12-14-22(15-13-19)44(39,40)41-18-23-25(43-27(37)21-10-6-3-7-11-21)30(31,32)28(42-23)35-17-16-24(34-29(35)38)33-26(36)20-8-4-2-5-9-20/h2-17,23,25,28H,18H2,1H3,(H,33,34,36,38). The van der Waals surface area contributed by atoms with Crippen molar-refractivity contribution in [3.05, 3.63) is 124 Å². The average molecular weight is 626 g/mol. The van der Waals surface area contributed by atoms with Gasteiger partial charge in [0.2, 0.25) is 6.23 Å². The summed E-state index contributed by atoms with van der Waals surface area (Å²) < 4.78 is 73.5. The number of esters is 1. The molecular weight excluding hydrogens is 600 g/mol. The van der Waals surface area contributed by atoms with Gasteiger partial charge in [0.05, 0.1) is 17.1 Å². The van der Waals surface area contributed by atoms with Crippen LogP contribution < -0.4 is 11.0 Å². The first-order valence-corrected chi connectivity index (χ1v) is 14.6. The Bertz CT molecular complexity index is 1820.